The molecule has 0 saturated carbocycles. The van der Waals surface area contributed by atoms with Crippen LogP contribution in [0, 0.1) is 13.8 Å². The van der Waals surface area contributed by atoms with Crippen LogP contribution in [0.2, 0.25) is 0 Å². The topological polar surface area (TPSA) is 44.8 Å². The molecule has 22 heavy (non-hydrogen) atoms. The molecule has 0 aromatic heterocycles. The predicted octanol–water partition coefficient (Wildman–Crippen LogP) is 4.04. The molecule has 0 atom stereocenters. The molecule has 2 aromatic carbocycles. The second-order valence-electron chi connectivity index (χ2n) is 5.01. The molecule has 0 heterocycles. The Morgan fingerprint density at radius 1 is 1.00 bits per heavy atom. The lowest BCUT2D eigenvalue weighted by atomic mass is 10.1. The number of ether oxygens (including phenoxy) is 3. The van der Waals surface area contributed by atoms with Crippen molar-refractivity contribution in [3.8, 4) is 5.75 Å². The van der Waals surface area contributed by atoms with Crippen molar-refractivity contribution in [3.63, 3.8) is 0 Å². The number of benzene rings is 2. The highest BCUT2D eigenvalue weighted by Gasteiger charge is 2.08. The quantitative estimate of drug-likeness (QED) is 0.459. The van der Waals surface area contributed by atoms with Gasteiger partial charge in [0.1, 0.15) is 12.4 Å². The van der Waals surface area contributed by atoms with Gasteiger partial charge in [0, 0.05) is 0 Å². The van der Waals surface area contributed by atoms with Crippen molar-refractivity contribution in [2.75, 3.05) is 13.2 Å². The molecule has 2 aromatic rings. The lowest BCUT2D eigenvalue weighted by Gasteiger charge is -2.09. The average molecular weight is 300 g/mol. The third-order valence-corrected chi connectivity index (χ3v) is 3.08. The molecule has 0 unspecified atom stereocenters. The summed E-state index contributed by atoms with van der Waals surface area (Å²) in [4.78, 5) is 11.6. The van der Waals surface area contributed by atoms with E-state index in [0.29, 0.717) is 19.0 Å². The number of hydrogen-bond acceptors (Lipinski definition) is 4. The van der Waals surface area contributed by atoms with E-state index < -0.39 is 6.16 Å². The van der Waals surface area contributed by atoms with Crippen LogP contribution in [-0.4, -0.2) is 19.4 Å². The lowest BCUT2D eigenvalue weighted by molar-refractivity contribution is 0.0462. The van der Waals surface area contributed by atoms with Crippen molar-refractivity contribution in [1.82, 2.24) is 0 Å². The number of hydrogen-bond donors (Lipinski definition) is 0. The minimum Gasteiger partial charge on any atom is -0.432 e. The maximum atomic E-state index is 11.6. The standard InChI is InChI=1S/C18H20O4/c1-14-8-9-17(15(2)12-14)22-18(19)21-11-10-20-13-16-6-4-3-5-7-16/h3-9,12H,10-11,13H2,1-2H3. The molecule has 4 heteroatoms. The van der Waals surface area contributed by atoms with Crippen molar-refractivity contribution >= 4 is 6.16 Å². The predicted molar refractivity (Wildman–Crippen MR) is 84.0 cm³/mol. The number of carbonyl (C=O) groups is 1. The summed E-state index contributed by atoms with van der Waals surface area (Å²) in [6, 6.07) is 15.4. The van der Waals surface area contributed by atoms with Crippen LogP contribution in [0.25, 0.3) is 0 Å². The van der Waals surface area contributed by atoms with Gasteiger partial charge < -0.3 is 14.2 Å². The van der Waals surface area contributed by atoms with Crippen molar-refractivity contribution in [2.24, 2.45) is 0 Å². The first-order valence-corrected chi connectivity index (χ1v) is 7.18. The Morgan fingerprint density at radius 3 is 2.50 bits per heavy atom. The Bertz CT molecular complexity index is 608. The molecular weight excluding hydrogens is 280 g/mol. The number of rotatable bonds is 6. The lowest BCUT2D eigenvalue weighted by Crippen LogP contribution is -2.15. The summed E-state index contributed by atoms with van der Waals surface area (Å²) in [7, 11) is 0. The SMILES string of the molecule is Cc1ccc(OC(=O)OCCOCc2ccccc2)c(C)c1. The van der Waals surface area contributed by atoms with Gasteiger partial charge in [-0.1, -0.05) is 48.0 Å². The van der Waals surface area contributed by atoms with Gasteiger partial charge in [-0.3, -0.25) is 0 Å². The molecule has 0 N–H and O–H groups in total. The number of carbonyl (C=O) groups excluding carboxylic acids is 1. The van der Waals surface area contributed by atoms with Crippen molar-refractivity contribution in [3.05, 3.63) is 65.2 Å². The number of aryl methyl sites for hydroxylation is 2. The molecule has 0 radical (unpaired) electrons. The molecule has 0 spiro atoms. The normalized spacial score (nSPS) is 10.3. The van der Waals surface area contributed by atoms with E-state index in [4.69, 9.17) is 14.2 Å². The highest BCUT2D eigenvalue weighted by atomic mass is 16.7. The van der Waals surface area contributed by atoms with Gasteiger partial charge in [0.2, 0.25) is 0 Å². The van der Waals surface area contributed by atoms with E-state index in [1.165, 1.54) is 0 Å². The molecule has 0 aliphatic heterocycles. The van der Waals surface area contributed by atoms with Crippen LogP contribution < -0.4 is 4.74 Å². The summed E-state index contributed by atoms with van der Waals surface area (Å²) >= 11 is 0. The third-order valence-electron chi connectivity index (χ3n) is 3.08. The van der Waals surface area contributed by atoms with Gasteiger partial charge in [0.15, 0.2) is 0 Å². The van der Waals surface area contributed by atoms with E-state index in [1.807, 2.05) is 56.3 Å². The van der Waals surface area contributed by atoms with Gasteiger partial charge in [-0.15, -0.1) is 0 Å². The monoisotopic (exact) mass is 300 g/mol. The third kappa shape index (κ3) is 5.22. The Hall–Kier alpha value is -2.33. The molecule has 2 rings (SSSR count). The molecule has 0 aliphatic carbocycles. The Morgan fingerprint density at radius 2 is 1.77 bits per heavy atom. The first-order chi connectivity index (χ1) is 10.6. The van der Waals surface area contributed by atoms with Gasteiger partial charge >= 0.3 is 6.16 Å². The smallest absolute Gasteiger partial charge is 0.432 e. The van der Waals surface area contributed by atoms with E-state index in [9.17, 15) is 4.79 Å². The molecule has 0 bridgehead atoms. The summed E-state index contributed by atoms with van der Waals surface area (Å²) in [5, 5.41) is 0. The zero-order valence-corrected chi connectivity index (χ0v) is 12.9. The fourth-order valence-corrected chi connectivity index (χ4v) is 1.98. The van der Waals surface area contributed by atoms with Crippen LogP contribution >= 0.6 is 0 Å². The first kappa shape index (κ1) is 16.0. The van der Waals surface area contributed by atoms with Gasteiger partial charge in [-0.05, 0) is 31.0 Å². The van der Waals surface area contributed by atoms with Crippen molar-refractivity contribution < 1.29 is 19.0 Å². The zero-order chi connectivity index (χ0) is 15.8. The van der Waals surface area contributed by atoms with Gasteiger partial charge in [-0.2, -0.15) is 0 Å². The van der Waals surface area contributed by atoms with E-state index >= 15 is 0 Å². The molecule has 0 fully saturated rings. The zero-order valence-electron chi connectivity index (χ0n) is 12.9. The molecular formula is C18H20O4. The highest BCUT2D eigenvalue weighted by Crippen LogP contribution is 2.19. The Kier molecular flexibility index (Phi) is 5.98. The Balaban J connectivity index is 1.65. The van der Waals surface area contributed by atoms with E-state index in [-0.39, 0.29) is 6.61 Å². The van der Waals surface area contributed by atoms with Crippen LogP contribution in [-0.2, 0) is 16.1 Å². The minimum absolute atomic E-state index is 0.163. The molecule has 116 valence electrons. The fourth-order valence-electron chi connectivity index (χ4n) is 1.98. The van der Waals surface area contributed by atoms with Gasteiger partial charge in [-0.25, -0.2) is 4.79 Å². The highest BCUT2D eigenvalue weighted by molar-refractivity contribution is 5.64. The van der Waals surface area contributed by atoms with E-state index in [0.717, 1.165) is 16.7 Å². The van der Waals surface area contributed by atoms with Crippen LogP contribution in [0.4, 0.5) is 4.79 Å². The first-order valence-electron chi connectivity index (χ1n) is 7.18. The largest absolute Gasteiger partial charge is 0.513 e. The second kappa shape index (κ2) is 8.20. The summed E-state index contributed by atoms with van der Waals surface area (Å²) in [5.74, 6) is 0.515. The maximum absolute atomic E-state index is 11.6. The molecule has 0 amide bonds. The second-order valence-corrected chi connectivity index (χ2v) is 5.01. The summed E-state index contributed by atoms with van der Waals surface area (Å²) in [5.41, 5.74) is 3.10. The van der Waals surface area contributed by atoms with Gasteiger partial charge in [0.25, 0.3) is 0 Å². The van der Waals surface area contributed by atoms with Crippen LogP contribution in [0.1, 0.15) is 16.7 Å². The molecule has 0 saturated heterocycles. The average Bonchev–Trinajstić information content (AvgIpc) is 2.51. The molecule has 0 aliphatic rings. The van der Waals surface area contributed by atoms with Crippen molar-refractivity contribution in [1.29, 1.82) is 0 Å². The van der Waals surface area contributed by atoms with Crippen LogP contribution in [0.15, 0.2) is 48.5 Å². The molecule has 4 nitrogen and oxygen atoms in total. The van der Waals surface area contributed by atoms with Gasteiger partial charge in [0.05, 0.1) is 13.2 Å². The Labute approximate surface area is 130 Å². The summed E-state index contributed by atoms with van der Waals surface area (Å²) in [6.07, 6.45) is -0.713. The van der Waals surface area contributed by atoms with E-state index in [2.05, 4.69) is 0 Å². The summed E-state index contributed by atoms with van der Waals surface area (Å²) in [6.45, 7) is 4.86. The van der Waals surface area contributed by atoms with Crippen molar-refractivity contribution in [2.45, 2.75) is 20.5 Å². The minimum atomic E-state index is -0.713. The van der Waals surface area contributed by atoms with Crippen LogP contribution in [0.5, 0.6) is 5.75 Å². The summed E-state index contributed by atoms with van der Waals surface area (Å²) < 4.78 is 15.6. The van der Waals surface area contributed by atoms with Crippen LogP contribution in [0.3, 0.4) is 0 Å². The fraction of sp³-hybridized carbons (Fsp3) is 0.278. The van der Waals surface area contributed by atoms with E-state index in [1.54, 1.807) is 6.07 Å². The maximum Gasteiger partial charge on any atom is 0.513 e.